The molecule has 0 saturated heterocycles. The maximum Gasteiger partial charge on any atom is 0.387 e. The molecule has 0 aliphatic rings. The van der Waals surface area contributed by atoms with Gasteiger partial charge < -0.3 is 9.47 Å². The first-order chi connectivity index (χ1) is 11.5. The Balaban J connectivity index is 2.11. The number of non-ortho nitro benzene ring substituents is 1. The maximum atomic E-state index is 12.4. The molecule has 0 aromatic heterocycles. The van der Waals surface area contributed by atoms with Crippen LogP contribution < -0.4 is 14.9 Å². The van der Waals surface area contributed by atoms with E-state index < -0.39 is 11.5 Å². The van der Waals surface area contributed by atoms with Gasteiger partial charge in [-0.25, -0.2) is 0 Å². The van der Waals surface area contributed by atoms with E-state index in [0.717, 1.165) is 0 Å². The van der Waals surface area contributed by atoms with Gasteiger partial charge in [-0.2, -0.15) is 13.9 Å². The van der Waals surface area contributed by atoms with Gasteiger partial charge in [-0.15, -0.1) is 0 Å². The van der Waals surface area contributed by atoms with Crippen molar-refractivity contribution >= 4 is 17.6 Å². The highest BCUT2D eigenvalue weighted by molar-refractivity contribution is 5.81. The van der Waals surface area contributed by atoms with Gasteiger partial charge in [0.25, 0.3) is 5.69 Å². The number of nitrogens with one attached hydrogen (secondary N) is 1. The highest BCUT2D eigenvalue weighted by atomic mass is 19.3. The van der Waals surface area contributed by atoms with Gasteiger partial charge in [0.2, 0.25) is 0 Å². The molecule has 0 amide bonds. The van der Waals surface area contributed by atoms with E-state index in [9.17, 15) is 18.9 Å². The van der Waals surface area contributed by atoms with Crippen molar-refractivity contribution in [3.05, 3.63) is 58.1 Å². The fourth-order valence-electron chi connectivity index (χ4n) is 1.83. The lowest BCUT2D eigenvalue weighted by atomic mass is 10.2. The van der Waals surface area contributed by atoms with Crippen LogP contribution in [-0.4, -0.2) is 24.9 Å². The first kappa shape index (κ1) is 17.1. The van der Waals surface area contributed by atoms with Gasteiger partial charge in [-0.1, -0.05) is 6.07 Å². The highest BCUT2D eigenvalue weighted by Crippen LogP contribution is 2.29. The Hall–Kier alpha value is -3.23. The molecule has 0 fully saturated rings. The number of nitro groups is 1. The molecule has 2 aromatic carbocycles. The lowest BCUT2D eigenvalue weighted by molar-refractivity contribution is -0.384. The smallest absolute Gasteiger partial charge is 0.387 e. The Morgan fingerprint density at radius 1 is 1.25 bits per heavy atom. The summed E-state index contributed by atoms with van der Waals surface area (Å²) in [6.45, 7) is -2.98. The summed E-state index contributed by atoms with van der Waals surface area (Å²) < 4.78 is 34.0. The molecule has 1 N–H and O–H groups in total. The van der Waals surface area contributed by atoms with Crippen LogP contribution in [0.2, 0.25) is 0 Å². The van der Waals surface area contributed by atoms with Crippen molar-refractivity contribution in [1.29, 1.82) is 0 Å². The summed E-state index contributed by atoms with van der Waals surface area (Å²) in [7, 11) is 1.34. The minimum atomic E-state index is -2.98. The number of anilines is 1. The number of hydrogen-bond acceptors (Lipinski definition) is 6. The van der Waals surface area contributed by atoms with E-state index in [4.69, 9.17) is 4.74 Å². The number of halogens is 2. The molecule has 2 aromatic rings. The second kappa shape index (κ2) is 7.86. The normalized spacial score (nSPS) is 10.8. The summed E-state index contributed by atoms with van der Waals surface area (Å²) in [4.78, 5) is 10.2. The van der Waals surface area contributed by atoms with Crippen LogP contribution in [0.15, 0.2) is 47.6 Å². The Labute approximate surface area is 135 Å². The van der Waals surface area contributed by atoms with Crippen LogP contribution in [0, 0.1) is 10.1 Å². The molecular formula is C15H13F2N3O4. The Kier molecular flexibility index (Phi) is 5.61. The lowest BCUT2D eigenvalue weighted by Gasteiger charge is -2.10. The van der Waals surface area contributed by atoms with Crippen molar-refractivity contribution in [2.75, 3.05) is 12.5 Å². The summed E-state index contributed by atoms with van der Waals surface area (Å²) >= 11 is 0. The van der Waals surface area contributed by atoms with Crippen molar-refractivity contribution in [2.24, 2.45) is 5.10 Å². The molecule has 0 aliphatic heterocycles. The SMILES string of the molecule is COc1ccc(/C=N\Nc2cccc([N+](=O)[O-])c2)cc1OC(F)F. The van der Waals surface area contributed by atoms with Gasteiger partial charge in [0.15, 0.2) is 11.5 Å². The second-order valence-electron chi connectivity index (χ2n) is 4.47. The van der Waals surface area contributed by atoms with Crippen molar-refractivity contribution in [2.45, 2.75) is 6.61 Å². The van der Waals surface area contributed by atoms with E-state index in [1.807, 2.05) is 0 Å². The summed E-state index contributed by atoms with van der Waals surface area (Å²) in [6.07, 6.45) is 1.36. The molecule has 0 radical (unpaired) electrons. The minimum absolute atomic E-state index is 0.0766. The van der Waals surface area contributed by atoms with E-state index in [0.29, 0.717) is 11.3 Å². The van der Waals surface area contributed by atoms with E-state index in [1.54, 1.807) is 12.1 Å². The molecule has 0 heterocycles. The van der Waals surface area contributed by atoms with Gasteiger partial charge >= 0.3 is 6.61 Å². The van der Waals surface area contributed by atoms with Crippen LogP contribution in [0.1, 0.15) is 5.56 Å². The van der Waals surface area contributed by atoms with E-state index in [2.05, 4.69) is 15.3 Å². The summed E-state index contributed by atoms with van der Waals surface area (Å²) in [5, 5.41) is 14.6. The fraction of sp³-hybridized carbons (Fsp3) is 0.133. The minimum Gasteiger partial charge on any atom is -0.493 e. The largest absolute Gasteiger partial charge is 0.493 e. The predicted octanol–water partition coefficient (Wildman–Crippen LogP) is 3.65. The number of hydrogen-bond donors (Lipinski definition) is 1. The molecule has 7 nitrogen and oxygen atoms in total. The zero-order valence-corrected chi connectivity index (χ0v) is 12.5. The predicted molar refractivity (Wildman–Crippen MR) is 83.9 cm³/mol. The molecule has 126 valence electrons. The number of alkyl halides is 2. The van der Waals surface area contributed by atoms with Gasteiger partial charge in [0.1, 0.15) is 0 Å². The number of methoxy groups -OCH3 is 1. The van der Waals surface area contributed by atoms with Gasteiger partial charge in [0, 0.05) is 12.1 Å². The Bertz CT molecular complexity index is 753. The van der Waals surface area contributed by atoms with E-state index in [1.165, 1.54) is 43.7 Å². The fourth-order valence-corrected chi connectivity index (χ4v) is 1.83. The van der Waals surface area contributed by atoms with Crippen molar-refractivity contribution in [3.8, 4) is 11.5 Å². The van der Waals surface area contributed by atoms with Crippen molar-refractivity contribution in [3.63, 3.8) is 0 Å². The van der Waals surface area contributed by atoms with Crippen molar-refractivity contribution < 1.29 is 23.2 Å². The molecular weight excluding hydrogens is 324 g/mol. The Morgan fingerprint density at radius 3 is 2.71 bits per heavy atom. The van der Waals surface area contributed by atoms with Gasteiger partial charge in [0.05, 0.1) is 23.9 Å². The van der Waals surface area contributed by atoms with E-state index in [-0.39, 0.29) is 17.2 Å². The zero-order chi connectivity index (χ0) is 17.5. The first-order valence-corrected chi connectivity index (χ1v) is 6.66. The van der Waals surface area contributed by atoms with E-state index >= 15 is 0 Å². The third-order valence-electron chi connectivity index (χ3n) is 2.87. The first-order valence-electron chi connectivity index (χ1n) is 6.66. The third kappa shape index (κ3) is 4.63. The number of nitrogens with zero attached hydrogens (tertiary/aromatic N) is 2. The number of hydrazone groups is 1. The monoisotopic (exact) mass is 337 g/mol. The van der Waals surface area contributed by atoms with Crippen LogP contribution in [0.4, 0.5) is 20.2 Å². The molecule has 9 heteroatoms. The average Bonchev–Trinajstić information content (AvgIpc) is 2.55. The molecule has 0 saturated carbocycles. The molecule has 24 heavy (non-hydrogen) atoms. The Morgan fingerprint density at radius 2 is 2.04 bits per heavy atom. The maximum absolute atomic E-state index is 12.4. The quantitative estimate of drug-likeness (QED) is 0.473. The number of nitro benzene ring substituents is 1. The number of rotatable bonds is 7. The molecule has 0 atom stereocenters. The van der Waals surface area contributed by atoms with Gasteiger partial charge in [-0.05, 0) is 29.8 Å². The van der Waals surface area contributed by atoms with Crippen LogP contribution in [0.25, 0.3) is 0 Å². The zero-order valence-electron chi connectivity index (χ0n) is 12.5. The average molecular weight is 337 g/mol. The molecule has 2 rings (SSSR count). The summed E-state index contributed by atoms with van der Waals surface area (Å²) in [5.74, 6) is 0.0471. The third-order valence-corrected chi connectivity index (χ3v) is 2.87. The number of benzene rings is 2. The molecule has 0 unspecified atom stereocenters. The van der Waals surface area contributed by atoms with Gasteiger partial charge in [-0.3, -0.25) is 15.5 Å². The topological polar surface area (TPSA) is 86.0 Å². The second-order valence-corrected chi connectivity index (χ2v) is 4.47. The van der Waals surface area contributed by atoms with Crippen LogP contribution in [-0.2, 0) is 0 Å². The van der Waals surface area contributed by atoms with Crippen molar-refractivity contribution in [1.82, 2.24) is 0 Å². The molecule has 0 aliphatic carbocycles. The summed E-state index contributed by atoms with van der Waals surface area (Å²) in [5.41, 5.74) is 3.44. The van der Waals surface area contributed by atoms with Crippen LogP contribution >= 0.6 is 0 Å². The molecule has 0 bridgehead atoms. The lowest BCUT2D eigenvalue weighted by Crippen LogP contribution is -2.04. The molecule has 0 spiro atoms. The number of ether oxygens (including phenoxy) is 2. The van der Waals surface area contributed by atoms with Crippen LogP contribution in [0.3, 0.4) is 0 Å². The highest BCUT2D eigenvalue weighted by Gasteiger charge is 2.10. The summed E-state index contributed by atoms with van der Waals surface area (Å²) in [6, 6.07) is 10.2. The standard InChI is InChI=1S/C15H13F2N3O4/c1-23-13-6-5-10(7-14(13)24-15(16)17)9-18-19-11-3-2-4-12(8-11)20(21)22/h2-9,15,19H,1H3/b18-9-. The van der Waals surface area contributed by atoms with Crippen LogP contribution in [0.5, 0.6) is 11.5 Å².